The quantitative estimate of drug-likeness (QED) is 0.769. The van der Waals surface area contributed by atoms with E-state index in [2.05, 4.69) is 4.90 Å². The molecule has 0 spiro atoms. The number of thiazole rings is 1. The first-order chi connectivity index (χ1) is 12.2. The van der Waals surface area contributed by atoms with Gasteiger partial charge in [0, 0.05) is 19.1 Å². The summed E-state index contributed by atoms with van der Waals surface area (Å²) in [5.74, 6) is 0. The first kappa shape index (κ1) is 17.4. The van der Waals surface area contributed by atoms with Crippen LogP contribution in [0.25, 0.3) is 10.2 Å². The third kappa shape index (κ3) is 2.98. The van der Waals surface area contributed by atoms with Crippen LogP contribution < -0.4 is 10.6 Å². The molecule has 6 nitrogen and oxygen atoms in total. The lowest BCUT2D eigenvalue weighted by Crippen LogP contribution is -2.64. The Morgan fingerprint density at radius 2 is 2.00 bits per heavy atom. The fraction of sp³-hybridized carbons (Fsp3) is 0.579. The van der Waals surface area contributed by atoms with Crippen molar-refractivity contribution < 1.29 is 9.53 Å². The number of hydrogen-bond acceptors (Lipinski definition) is 6. The molecule has 2 aromatic rings. The van der Waals surface area contributed by atoms with Crippen LogP contribution in [0, 0.1) is 6.92 Å². The van der Waals surface area contributed by atoms with E-state index in [1.807, 2.05) is 44.7 Å². The number of hydrogen-bond donors (Lipinski definition) is 1. The van der Waals surface area contributed by atoms with Gasteiger partial charge < -0.3 is 20.3 Å². The van der Waals surface area contributed by atoms with Crippen molar-refractivity contribution in [3.8, 4) is 0 Å². The molecule has 3 aliphatic rings. The SMILES string of the molecule is Cc1nc2c(N3C[C@@H]4CC[C@@H]3CN4C(=O)OC(C)(C)C)c(N)ccc2s1. The average molecular weight is 375 g/mol. The summed E-state index contributed by atoms with van der Waals surface area (Å²) in [4.78, 5) is 21.6. The molecule has 3 saturated heterocycles. The molecule has 0 unspecified atom stereocenters. The molecular weight excluding hydrogens is 348 g/mol. The van der Waals surface area contributed by atoms with Gasteiger partial charge in [0.2, 0.25) is 0 Å². The number of rotatable bonds is 1. The average Bonchev–Trinajstić information content (AvgIpc) is 2.93. The van der Waals surface area contributed by atoms with Crippen molar-refractivity contribution in [2.24, 2.45) is 0 Å². The fourth-order valence-electron chi connectivity index (χ4n) is 4.05. The number of benzene rings is 1. The zero-order valence-electron chi connectivity index (χ0n) is 15.8. The van der Waals surface area contributed by atoms with Gasteiger partial charge in [-0.05, 0) is 52.7 Å². The van der Waals surface area contributed by atoms with E-state index in [9.17, 15) is 4.79 Å². The highest BCUT2D eigenvalue weighted by atomic mass is 32.1. The van der Waals surface area contributed by atoms with Crippen LogP contribution in [0.1, 0.15) is 38.6 Å². The number of nitrogens with two attached hydrogens (primary N) is 1. The zero-order chi connectivity index (χ0) is 18.6. The number of anilines is 2. The minimum atomic E-state index is -0.471. The monoisotopic (exact) mass is 374 g/mol. The number of nitrogen functional groups attached to an aromatic ring is 1. The van der Waals surface area contributed by atoms with Gasteiger partial charge >= 0.3 is 6.09 Å². The van der Waals surface area contributed by atoms with E-state index >= 15 is 0 Å². The van der Waals surface area contributed by atoms with Crippen LogP contribution in [0.5, 0.6) is 0 Å². The Morgan fingerprint density at radius 3 is 2.65 bits per heavy atom. The number of aromatic nitrogens is 1. The molecule has 26 heavy (non-hydrogen) atoms. The number of piperidine rings is 2. The van der Waals surface area contributed by atoms with Gasteiger partial charge in [-0.2, -0.15) is 0 Å². The molecule has 0 aliphatic carbocycles. The molecule has 4 heterocycles. The van der Waals surface area contributed by atoms with Crippen LogP contribution in [0.2, 0.25) is 0 Å². The van der Waals surface area contributed by atoms with Gasteiger partial charge in [-0.15, -0.1) is 11.3 Å². The molecule has 1 aromatic carbocycles. The van der Waals surface area contributed by atoms with E-state index in [0.717, 1.165) is 46.0 Å². The first-order valence-corrected chi connectivity index (χ1v) is 9.96. The van der Waals surface area contributed by atoms with Gasteiger partial charge in [0.15, 0.2) is 0 Å². The van der Waals surface area contributed by atoms with Crippen LogP contribution in [0.3, 0.4) is 0 Å². The predicted octanol–water partition coefficient (Wildman–Crippen LogP) is 3.78. The Kier molecular flexibility index (Phi) is 4.02. The maximum atomic E-state index is 12.6. The Labute approximate surface area is 157 Å². The first-order valence-electron chi connectivity index (χ1n) is 9.15. The van der Waals surface area contributed by atoms with Crippen molar-refractivity contribution in [1.29, 1.82) is 0 Å². The summed E-state index contributed by atoms with van der Waals surface area (Å²) in [6.45, 7) is 9.21. The number of piperazine rings is 1. The largest absolute Gasteiger partial charge is 0.444 e. The summed E-state index contributed by atoms with van der Waals surface area (Å²) in [6.07, 6.45) is 1.86. The summed E-state index contributed by atoms with van der Waals surface area (Å²) in [5.41, 5.74) is 8.67. The highest BCUT2D eigenvalue weighted by molar-refractivity contribution is 7.18. The normalized spacial score (nSPS) is 22.9. The summed E-state index contributed by atoms with van der Waals surface area (Å²) < 4.78 is 6.77. The van der Waals surface area contributed by atoms with Crippen LogP contribution in [-0.2, 0) is 4.74 Å². The second-order valence-electron chi connectivity index (χ2n) is 8.25. The highest BCUT2D eigenvalue weighted by Crippen LogP contribution is 2.41. The number of nitrogens with zero attached hydrogens (tertiary/aromatic N) is 3. The minimum absolute atomic E-state index is 0.157. The molecule has 1 amide bonds. The number of carbonyl (C=O) groups excluding carboxylic acids is 1. The van der Waals surface area contributed by atoms with E-state index in [4.69, 9.17) is 15.5 Å². The van der Waals surface area contributed by atoms with Gasteiger partial charge in [0.25, 0.3) is 0 Å². The molecule has 5 rings (SSSR count). The molecule has 0 radical (unpaired) electrons. The standard InChI is InChI=1S/C19H26N4O2S/c1-11-21-16-15(26-11)8-7-14(20)17(16)22-9-13-6-5-12(22)10-23(13)18(24)25-19(2,3)4/h7-8,12-13H,5-6,9-10,20H2,1-4H3/t12-,13+/m1/s1. The van der Waals surface area contributed by atoms with Crippen molar-refractivity contribution in [1.82, 2.24) is 9.88 Å². The summed E-state index contributed by atoms with van der Waals surface area (Å²) in [7, 11) is 0. The predicted molar refractivity (Wildman–Crippen MR) is 106 cm³/mol. The highest BCUT2D eigenvalue weighted by Gasteiger charge is 2.43. The lowest BCUT2D eigenvalue weighted by Gasteiger charge is -2.52. The molecule has 3 fully saturated rings. The molecule has 1 aromatic heterocycles. The lowest BCUT2D eigenvalue weighted by molar-refractivity contribution is 0.000942. The molecule has 2 bridgehead atoms. The Morgan fingerprint density at radius 1 is 1.27 bits per heavy atom. The van der Waals surface area contributed by atoms with E-state index in [-0.39, 0.29) is 18.2 Å². The third-order valence-corrected chi connectivity index (χ3v) is 6.05. The molecule has 0 saturated carbocycles. The lowest BCUT2D eigenvalue weighted by atomic mass is 9.90. The maximum absolute atomic E-state index is 12.6. The van der Waals surface area contributed by atoms with E-state index in [1.165, 1.54) is 0 Å². The smallest absolute Gasteiger partial charge is 0.410 e. The Bertz CT molecular complexity index is 857. The van der Waals surface area contributed by atoms with Crippen LogP contribution >= 0.6 is 11.3 Å². The van der Waals surface area contributed by atoms with Crippen molar-refractivity contribution in [3.63, 3.8) is 0 Å². The van der Waals surface area contributed by atoms with Crippen molar-refractivity contribution in [3.05, 3.63) is 17.1 Å². The Balaban J connectivity index is 1.63. The van der Waals surface area contributed by atoms with E-state index < -0.39 is 5.60 Å². The zero-order valence-corrected chi connectivity index (χ0v) is 16.6. The molecule has 2 N–H and O–H groups in total. The molecule has 2 atom stereocenters. The van der Waals surface area contributed by atoms with Gasteiger partial charge in [-0.25, -0.2) is 9.78 Å². The number of carbonyl (C=O) groups is 1. The van der Waals surface area contributed by atoms with Crippen LogP contribution in [0.15, 0.2) is 12.1 Å². The van der Waals surface area contributed by atoms with Gasteiger partial charge in [0.05, 0.1) is 27.1 Å². The second-order valence-corrected chi connectivity index (χ2v) is 9.49. The Hall–Kier alpha value is -2.02. The minimum Gasteiger partial charge on any atom is -0.444 e. The maximum Gasteiger partial charge on any atom is 0.410 e. The van der Waals surface area contributed by atoms with E-state index in [1.54, 1.807) is 11.3 Å². The van der Waals surface area contributed by atoms with Crippen molar-refractivity contribution >= 4 is 39.0 Å². The summed E-state index contributed by atoms with van der Waals surface area (Å²) in [6, 6.07) is 4.43. The molecule has 3 aliphatic heterocycles. The molecular formula is C19H26N4O2S. The fourth-order valence-corrected chi connectivity index (χ4v) is 4.89. The number of ether oxygens (including phenoxy) is 1. The topological polar surface area (TPSA) is 71.7 Å². The number of amides is 1. The van der Waals surface area contributed by atoms with Crippen LogP contribution in [0.4, 0.5) is 16.2 Å². The van der Waals surface area contributed by atoms with Crippen molar-refractivity contribution in [2.45, 2.75) is 58.2 Å². The third-order valence-electron chi connectivity index (χ3n) is 5.12. The molecule has 140 valence electrons. The summed E-state index contributed by atoms with van der Waals surface area (Å²) >= 11 is 1.69. The summed E-state index contributed by atoms with van der Waals surface area (Å²) in [5, 5.41) is 1.05. The number of aryl methyl sites for hydroxylation is 1. The van der Waals surface area contributed by atoms with Gasteiger partial charge in [0.1, 0.15) is 11.1 Å². The van der Waals surface area contributed by atoms with Gasteiger partial charge in [-0.3, -0.25) is 0 Å². The van der Waals surface area contributed by atoms with Gasteiger partial charge in [-0.1, -0.05) is 0 Å². The molecule has 7 heteroatoms. The second kappa shape index (κ2) is 6.01. The van der Waals surface area contributed by atoms with Crippen LogP contribution in [-0.4, -0.2) is 46.8 Å². The van der Waals surface area contributed by atoms with Crippen molar-refractivity contribution in [2.75, 3.05) is 23.7 Å². The van der Waals surface area contributed by atoms with E-state index in [0.29, 0.717) is 6.54 Å². The number of fused-ring (bicyclic) bond motifs is 4.